The van der Waals surface area contributed by atoms with Gasteiger partial charge in [-0.1, -0.05) is 166 Å². The highest BCUT2D eigenvalue weighted by Gasteiger charge is 2.42. The summed E-state index contributed by atoms with van der Waals surface area (Å²) in [4.78, 5) is 13.5. The minimum Gasteiger partial charge on any atom is -0.497 e. The second-order valence-corrected chi connectivity index (χ2v) is 18.2. The fraction of sp³-hybridized carbons (Fsp3) is 0.426. The molecule has 0 bridgehead atoms. The fourth-order valence-electron chi connectivity index (χ4n) is 8.58. The summed E-state index contributed by atoms with van der Waals surface area (Å²) in [6.45, 7) is 6.78. The summed E-state index contributed by atoms with van der Waals surface area (Å²) >= 11 is 0. The van der Waals surface area contributed by atoms with Crippen molar-refractivity contribution in [3.05, 3.63) is 161 Å². The third kappa shape index (κ3) is 16.5. The molecule has 0 aliphatic carbocycles. The number of fused-ring (bicyclic) bond motifs is 1. The van der Waals surface area contributed by atoms with Gasteiger partial charge in [-0.05, 0) is 151 Å². The van der Waals surface area contributed by atoms with E-state index >= 15 is 0 Å². The molecule has 0 atom stereocenters. The van der Waals surface area contributed by atoms with Crippen LogP contribution in [0.4, 0.5) is 0 Å². The first kappa shape index (κ1) is 50.7. The highest BCUT2D eigenvalue weighted by Crippen LogP contribution is 2.37. The lowest BCUT2D eigenvalue weighted by Gasteiger charge is -2.34. The molecule has 6 nitrogen and oxygen atoms in total. The first-order valence-corrected chi connectivity index (χ1v) is 25.6. The smallest absolute Gasteiger partial charge is 0.447 e. The van der Waals surface area contributed by atoms with E-state index < -0.39 is 11.9 Å². The minimum absolute atomic E-state index is 0.414. The molecule has 0 saturated carbocycles. The standard InChI is InChI=1S/C61H76O6/c1-5-8-11-14-17-20-23-48-26-36-57(37-27-48)65-61(66-58-38-28-49(29-39-58)24-21-18-15-12-9-6-2,67-59-40-30-50(31-41-59)25-22-19-16-13-10-7-3)54-35-34-51-32-33-52(46-53(51)47-54)60(62)64-56-44-42-55(63-4)43-45-56/h26-47H,5-25H2,1-4H3. The molecule has 0 radical (unpaired) electrons. The zero-order chi connectivity index (χ0) is 46.9. The van der Waals surface area contributed by atoms with Gasteiger partial charge in [0.2, 0.25) is 0 Å². The molecule has 356 valence electrons. The highest BCUT2D eigenvalue weighted by atomic mass is 16.9. The number of hydrogen-bond acceptors (Lipinski definition) is 6. The third-order valence-electron chi connectivity index (χ3n) is 12.7. The molecule has 0 amide bonds. The van der Waals surface area contributed by atoms with Crippen molar-refractivity contribution >= 4 is 16.7 Å². The quantitative estimate of drug-likeness (QED) is 0.0187. The predicted octanol–water partition coefficient (Wildman–Crippen LogP) is 17.1. The Morgan fingerprint density at radius 1 is 0.388 bits per heavy atom. The molecule has 0 saturated heterocycles. The number of esters is 1. The van der Waals surface area contributed by atoms with Crippen LogP contribution in [0.15, 0.2) is 133 Å². The number of benzene rings is 6. The molecule has 0 aliphatic rings. The van der Waals surface area contributed by atoms with E-state index in [0.29, 0.717) is 39.9 Å². The Morgan fingerprint density at radius 3 is 1.18 bits per heavy atom. The third-order valence-corrected chi connectivity index (χ3v) is 12.7. The van der Waals surface area contributed by atoms with E-state index in [0.717, 1.165) is 49.3 Å². The van der Waals surface area contributed by atoms with Crippen LogP contribution in [0.1, 0.15) is 169 Å². The van der Waals surface area contributed by atoms with Crippen LogP contribution in [0.3, 0.4) is 0 Å². The van der Waals surface area contributed by atoms with Crippen molar-refractivity contribution in [2.45, 2.75) is 162 Å². The molecule has 0 aromatic heterocycles. The van der Waals surface area contributed by atoms with E-state index in [2.05, 4.69) is 57.2 Å². The van der Waals surface area contributed by atoms with Crippen molar-refractivity contribution in [2.24, 2.45) is 0 Å². The lowest BCUT2D eigenvalue weighted by atomic mass is 10.0. The van der Waals surface area contributed by atoms with E-state index in [9.17, 15) is 4.79 Å². The monoisotopic (exact) mass is 905 g/mol. The Balaban J connectivity index is 1.33. The molecule has 6 aromatic carbocycles. The number of ether oxygens (including phenoxy) is 5. The van der Waals surface area contributed by atoms with Crippen molar-refractivity contribution in [2.75, 3.05) is 7.11 Å². The summed E-state index contributed by atoms with van der Waals surface area (Å²) < 4.78 is 32.3. The number of aryl methyl sites for hydroxylation is 3. The molecule has 0 fully saturated rings. The highest BCUT2D eigenvalue weighted by molar-refractivity contribution is 5.96. The Bertz CT molecular complexity index is 2170. The number of rotatable bonds is 31. The van der Waals surface area contributed by atoms with Crippen molar-refractivity contribution in [3.63, 3.8) is 0 Å². The topological polar surface area (TPSA) is 63.2 Å². The molecule has 6 heteroatoms. The number of unbranched alkanes of at least 4 members (excludes halogenated alkanes) is 15. The van der Waals surface area contributed by atoms with Gasteiger partial charge in [0.1, 0.15) is 28.7 Å². The van der Waals surface area contributed by atoms with Gasteiger partial charge in [0, 0.05) is 0 Å². The van der Waals surface area contributed by atoms with E-state index in [1.807, 2.05) is 66.7 Å². The van der Waals surface area contributed by atoms with Gasteiger partial charge in [0.25, 0.3) is 0 Å². The van der Waals surface area contributed by atoms with Crippen LogP contribution in [-0.4, -0.2) is 13.1 Å². The first-order chi connectivity index (χ1) is 32.9. The molecule has 67 heavy (non-hydrogen) atoms. The Hall–Kier alpha value is -5.75. The van der Waals surface area contributed by atoms with E-state index in [-0.39, 0.29) is 0 Å². The molecule has 0 heterocycles. The summed E-state index contributed by atoms with van der Waals surface area (Å²) in [5.74, 6) is 0.730. The Labute approximate surface area is 402 Å². The van der Waals surface area contributed by atoms with Crippen molar-refractivity contribution in [3.8, 4) is 28.7 Å². The van der Waals surface area contributed by atoms with Crippen molar-refractivity contribution in [1.29, 1.82) is 0 Å². The van der Waals surface area contributed by atoms with E-state index in [1.165, 1.54) is 113 Å². The Kier molecular flexibility index (Phi) is 21.0. The van der Waals surface area contributed by atoms with Gasteiger partial charge in [-0.2, -0.15) is 0 Å². The summed E-state index contributed by atoms with van der Waals surface area (Å²) in [5.41, 5.74) is 4.87. The van der Waals surface area contributed by atoms with Crippen LogP contribution < -0.4 is 23.7 Å². The molecule has 0 unspecified atom stereocenters. The summed E-state index contributed by atoms with van der Waals surface area (Å²) in [6.07, 6.45) is 25.7. The SMILES string of the molecule is CCCCCCCCc1ccc(OC(Oc2ccc(CCCCCCCC)cc2)(Oc2ccc(CCCCCCCC)cc2)c2ccc3ccc(C(=O)Oc4ccc(OC)cc4)cc3c2)cc1. The lowest BCUT2D eigenvalue weighted by Crippen LogP contribution is -2.45. The summed E-state index contributed by atoms with van der Waals surface area (Å²) in [7, 11) is 1.61. The van der Waals surface area contributed by atoms with Gasteiger partial charge in [0.05, 0.1) is 18.2 Å². The summed E-state index contributed by atoms with van der Waals surface area (Å²) in [5, 5.41) is 1.75. The maximum Gasteiger partial charge on any atom is 0.447 e. The number of carbonyl (C=O) groups excluding carboxylic acids is 1. The van der Waals surface area contributed by atoms with Crippen LogP contribution in [-0.2, 0) is 25.2 Å². The van der Waals surface area contributed by atoms with Crippen LogP contribution in [0.2, 0.25) is 0 Å². The predicted molar refractivity (Wildman–Crippen MR) is 276 cm³/mol. The maximum atomic E-state index is 13.5. The lowest BCUT2D eigenvalue weighted by molar-refractivity contribution is -0.263. The van der Waals surface area contributed by atoms with E-state index in [1.54, 1.807) is 37.4 Å². The average molecular weight is 905 g/mol. The first-order valence-electron chi connectivity index (χ1n) is 25.6. The van der Waals surface area contributed by atoms with Gasteiger partial charge in [-0.25, -0.2) is 4.79 Å². The van der Waals surface area contributed by atoms with Gasteiger partial charge in [-0.15, -0.1) is 0 Å². The zero-order valence-corrected chi connectivity index (χ0v) is 41.0. The molecule has 0 aliphatic heterocycles. The molecule has 0 N–H and O–H groups in total. The molecule has 6 aromatic rings. The van der Waals surface area contributed by atoms with Crippen LogP contribution in [0, 0.1) is 0 Å². The largest absolute Gasteiger partial charge is 0.497 e. The average Bonchev–Trinajstić information content (AvgIpc) is 3.36. The zero-order valence-electron chi connectivity index (χ0n) is 41.0. The van der Waals surface area contributed by atoms with Gasteiger partial charge < -0.3 is 23.7 Å². The minimum atomic E-state index is -1.77. The molecular formula is C61H76O6. The number of hydrogen-bond donors (Lipinski definition) is 0. The fourth-order valence-corrected chi connectivity index (χ4v) is 8.58. The van der Waals surface area contributed by atoms with Crippen molar-refractivity contribution < 1.29 is 28.5 Å². The van der Waals surface area contributed by atoms with Gasteiger partial charge in [0.15, 0.2) is 0 Å². The second kappa shape index (κ2) is 27.8. The number of carbonyl (C=O) groups is 1. The summed E-state index contributed by atoms with van der Waals surface area (Å²) in [6, 6.07) is 43.6. The van der Waals surface area contributed by atoms with Gasteiger partial charge >= 0.3 is 11.9 Å². The van der Waals surface area contributed by atoms with Crippen LogP contribution >= 0.6 is 0 Å². The van der Waals surface area contributed by atoms with Crippen LogP contribution in [0.5, 0.6) is 28.7 Å². The van der Waals surface area contributed by atoms with Crippen molar-refractivity contribution in [1.82, 2.24) is 0 Å². The molecular weight excluding hydrogens is 829 g/mol. The van der Waals surface area contributed by atoms with Gasteiger partial charge in [-0.3, -0.25) is 0 Å². The maximum absolute atomic E-state index is 13.5. The van der Waals surface area contributed by atoms with E-state index in [4.69, 9.17) is 23.7 Å². The molecule has 0 spiro atoms. The normalized spacial score (nSPS) is 11.4. The molecule has 6 rings (SSSR count). The van der Waals surface area contributed by atoms with Crippen LogP contribution in [0.25, 0.3) is 10.8 Å². The number of methoxy groups -OCH3 is 1. The Morgan fingerprint density at radius 2 is 0.761 bits per heavy atom. The second-order valence-electron chi connectivity index (χ2n) is 18.2.